The zero-order valence-corrected chi connectivity index (χ0v) is 25.7. The minimum Gasteiger partial charge on any atom is -0.394 e. The number of aromatic nitrogens is 1. The number of aliphatic hydroxyl groups is 1. The van der Waals surface area contributed by atoms with E-state index < -0.39 is 6.04 Å². The van der Waals surface area contributed by atoms with Crippen molar-refractivity contribution in [1.29, 1.82) is 0 Å². The molecule has 4 aromatic rings. The van der Waals surface area contributed by atoms with Crippen molar-refractivity contribution in [3.63, 3.8) is 0 Å². The van der Waals surface area contributed by atoms with E-state index in [2.05, 4.69) is 5.32 Å². The Balaban J connectivity index is 1.50. The molecule has 2 N–H and O–H groups in total. The summed E-state index contributed by atoms with van der Waals surface area (Å²) in [6.45, 7) is 6.72. The topological polar surface area (TPSA) is 87.0 Å². The van der Waals surface area contributed by atoms with Gasteiger partial charge in [0.05, 0.1) is 31.4 Å². The van der Waals surface area contributed by atoms with Crippen molar-refractivity contribution < 1.29 is 19.4 Å². The maximum absolute atomic E-state index is 14.5. The Morgan fingerprint density at radius 1 is 1.05 bits per heavy atom. The standard InChI is InChI=1S/C35H42N4O4/c1-23-19-39(24(2)21-40)34(41)33-32(29-17-11-12-18-30(29)38(33)5)28-16-10-9-15-27(28)22-43-31(23)20-37(4)35(42)36-25(3)26-13-7-6-8-14-26/h6-18,23-25,31,40H,19-22H2,1-5H3,(H,36,42)/t23-,24+,25+,31+/m1/s1. The summed E-state index contributed by atoms with van der Waals surface area (Å²) in [6.07, 6.45) is -0.366. The molecule has 3 amide bonds. The average Bonchev–Trinajstić information content (AvgIpc) is 3.32. The van der Waals surface area contributed by atoms with Crippen LogP contribution in [0.15, 0.2) is 78.9 Å². The van der Waals surface area contributed by atoms with Crippen LogP contribution in [0.4, 0.5) is 4.79 Å². The van der Waals surface area contributed by atoms with Gasteiger partial charge in [0.25, 0.3) is 5.91 Å². The minimum absolute atomic E-state index is 0.136. The molecule has 1 aliphatic heterocycles. The molecule has 3 aromatic carbocycles. The molecule has 8 heteroatoms. The summed E-state index contributed by atoms with van der Waals surface area (Å²) in [7, 11) is 3.69. The van der Waals surface area contributed by atoms with Crippen LogP contribution in [-0.2, 0) is 18.4 Å². The molecular weight excluding hydrogens is 540 g/mol. The second kappa shape index (κ2) is 13.0. The van der Waals surface area contributed by atoms with Crippen molar-refractivity contribution in [2.75, 3.05) is 26.7 Å². The molecule has 0 unspecified atom stereocenters. The third kappa shape index (κ3) is 6.17. The molecule has 0 saturated heterocycles. The van der Waals surface area contributed by atoms with Crippen molar-refractivity contribution in [2.45, 2.75) is 45.6 Å². The quantitative estimate of drug-likeness (QED) is 0.310. The van der Waals surface area contributed by atoms with E-state index in [1.54, 1.807) is 16.8 Å². The molecule has 5 rings (SSSR count). The molecule has 2 heterocycles. The highest BCUT2D eigenvalue weighted by Gasteiger charge is 2.34. The second-order valence-electron chi connectivity index (χ2n) is 11.7. The summed E-state index contributed by atoms with van der Waals surface area (Å²) in [4.78, 5) is 31.1. The van der Waals surface area contributed by atoms with Gasteiger partial charge in [-0.3, -0.25) is 4.79 Å². The Hall–Kier alpha value is -4.14. The number of nitrogens with one attached hydrogen (secondary N) is 1. The maximum atomic E-state index is 14.5. The zero-order chi connectivity index (χ0) is 30.7. The summed E-state index contributed by atoms with van der Waals surface area (Å²) < 4.78 is 8.59. The predicted molar refractivity (Wildman–Crippen MR) is 170 cm³/mol. The fourth-order valence-corrected chi connectivity index (χ4v) is 6.00. The summed E-state index contributed by atoms with van der Waals surface area (Å²) in [6, 6.07) is 25.2. The predicted octanol–water partition coefficient (Wildman–Crippen LogP) is 5.61. The summed E-state index contributed by atoms with van der Waals surface area (Å²) in [5.74, 6) is -0.275. The number of carbonyl (C=O) groups excluding carboxylic acids is 2. The number of rotatable bonds is 6. The third-order valence-corrected chi connectivity index (χ3v) is 8.67. The van der Waals surface area contributed by atoms with Gasteiger partial charge in [0.15, 0.2) is 0 Å². The Kier molecular flexibility index (Phi) is 9.18. The van der Waals surface area contributed by atoms with E-state index in [0.29, 0.717) is 25.4 Å². The number of aryl methyl sites for hydroxylation is 1. The number of likely N-dealkylation sites (N-methyl/N-ethyl adjacent to an activating group) is 1. The third-order valence-electron chi connectivity index (χ3n) is 8.67. The largest absolute Gasteiger partial charge is 0.394 e. The first kappa shape index (κ1) is 30.3. The number of para-hydroxylation sites is 1. The van der Waals surface area contributed by atoms with Crippen LogP contribution in [0.25, 0.3) is 22.0 Å². The molecule has 226 valence electrons. The number of benzene rings is 3. The highest BCUT2D eigenvalue weighted by Crippen LogP contribution is 2.38. The van der Waals surface area contributed by atoms with E-state index in [9.17, 15) is 14.7 Å². The first-order valence-electron chi connectivity index (χ1n) is 15.0. The van der Waals surface area contributed by atoms with Gasteiger partial charge < -0.3 is 29.5 Å². The molecule has 0 saturated carbocycles. The summed E-state index contributed by atoms with van der Waals surface area (Å²) >= 11 is 0. The summed E-state index contributed by atoms with van der Waals surface area (Å²) in [5, 5.41) is 14.3. The molecule has 0 bridgehead atoms. The van der Waals surface area contributed by atoms with Crippen LogP contribution in [0, 0.1) is 5.92 Å². The number of carbonyl (C=O) groups is 2. The van der Waals surface area contributed by atoms with Crippen molar-refractivity contribution in [3.8, 4) is 11.1 Å². The maximum Gasteiger partial charge on any atom is 0.317 e. The van der Waals surface area contributed by atoms with Gasteiger partial charge in [-0.25, -0.2) is 4.79 Å². The molecule has 1 aromatic heterocycles. The number of aliphatic hydroxyl groups excluding tert-OH is 1. The van der Waals surface area contributed by atoms with Gasteiger partial charge in [-0.1, -0.05) is 79.7 Å². The number of hydrogen-bond donors (Lipinski definition) is 2. The highest BCUT2D eigenvalue weighted by molar-refractivity contribution is 6.10. The van der Waals surface area contributed by atoms with Crippen molar-refractivity contribution >= 4 is 22.8 Å². The van der Waals surface area contributed by atoms with E-state index in [-0.39, 0.29) is 36.6 Å². The molecule has 0 spiro atoms. The second-order valence-corrected chi connectivity index (χ2v) is 11.7. The lowest BCUT2D eigenvalue weighted by Gasteiger charge is -2.35. The van der Waals surface area contributed by atoms with Gasteiger partial charge in [0.1, 0.15) is 5.69 Å². The molecule has 0 radical (unpaired) electrons. The van der Waals surface area contributed by atoms with E-state index in [1.807, 2.05) is 111 Å². The molecule has 4 atom stereocenters. The smallest absolute Gasteiger partial charge is 0.317 e. The fourth-order valence-electron chi connectivity index (χ4n) is 6.00. The lowest BCUT2D eigenvalue weighted by atomic mass is 9.96. The van der Waals surface area contributed by atoms with Crippen LogP contribution in [0.2, 0.25) is 0 Å². The summed E-state index contributed by atoms with van der Waals surface area (Å²) in [5.41, 5.74) is 5.36. The van der Waals surface area contributed by atoms with Crippen LogP contribution >= 0.6 is 0 Å². The number of hydrogen-bond acceptors (Lipinski definition) is 4. The Morgan fingerprint density at radius 2 is 1.72 bits per heavy atom. The molecule has 0 aliphatic carbocycles. The van der Waals surface area contributed by atoms with Gasteiger partial charge in [-0.2, -0.15) is 0 Å². The molecule has 8 nitrogen and oxygen atoms in total. The minimum atomic E-state index is -0.412. The SMILES string of the molecule is C[C@H](NC(=O)N(C)C[C@@H]1OCc2ccccc2-c2c(n(C)c3ccccc23)C(=O)N([C@@H](C)CO)C[C@H]1C)c1ccccc1. The lowest BCUT2D eigenvalue weighted by Crippen LogP contribution is -2.49. The van der Waals surface area contributed by atoms with Gasteiger partial charge in [0, 0.05) is 49.6 Å². The number of urea groups is 1. The first-order valence-corrected chi connectivity index (χ1v) is 15.0. The van der Waals surface area contributed by atoms with Crippen LogP contribution < -0.4 is 5.32 Å². The number of ether oxygens (including phenoxy) is 1. The molecule has 1 aliphatic rings. The van der Waals surface area contributed by atoms with Gasteiger partial charge in [-0.05, 0) is 36.6 Å². The van der Waals surface area contributed by atoms with E-state index in [4.69, 9.17) is 4.74 Å². The first-order chi connectivity index (χ1) is 20.7. The average molecular weight is 583 g/mol. The monoisotopic (exact) mass is 582 g/mol. The van der Waals surface area contributed by atoms with Crippen molar-refractivity contribution in [3.05, 3.63) is 95.7 Å². The highest BCUT2D eigenvalue weighted by atomic mass is 16.5. The molecule has 0 fully saturated rings. The van der Waals surface area contributed by atoms with Gasteiger partial charge >= 0.3 is 6.03 Å². The van der Waals surface area contributed by atoms with E-state index in [1.165, 1.54) is 0 Å². The Labute approximate surface area is 253 Å². The Bertz CT molecular complexity index is 1580. The van der Waals surface area contributed by atoms with Crippen LogP contribution in [0.3, 0.4) is 0 Å². The normalized spacial score (nSPS) is 18.7. The van der Waals surface area contributed by atoms with E-state index >= 15 is 0 Å². The zero-order valence-electron chi connectivity index (χ0n) is 25.7. The van der Waals surface area contributed by atoms with Crippen molar-refractivity contribution in [1.82, 2.24) is 19.7 Å². The van der Waals surface area contributed by atoms with Crippen LogP contribution in [0.5, 0.6) is 0 Å². The molecular formula is C35H42N4O4. The van der Waals surface area contributed by atoms with E-state index in [0.717, 1.165) is 33.2 Å². The number of amides is 3. The fraction of sp³-hybridized carbons (Fsp3) is 0.371. The number of nitrogens with zero attached hydrogens (tertiary/aromatic N) is 3. The lowest BCUT2D eigenvalue weighted by molar-refractivity contribution is -0.0186. The van der Waals surface area contributed by atoms with Gasteiger partial charge in [-0.15, -0.1) is 0 Å². The van der Waals surface area contributed by atoms with Crippen LogP contribution in [0.1, 0.15) is 48.4 Å². The van der Waals surface area contributed by atoms with Gasteiger partial charge in [0.2, 0.25) is 0 Å². The van der Waals surface area contributed by atoms with Crippen molar-refractivity contribution in [2.24, 2.45) is 13.0 Å². The van der Waals surface area contributed by atoms with Crippen LogP contribution in [-0.4, -0.2) is 70.3 Å². The number of fused-ring (bicyclic) bond motifs is 5. The Morgan fingerprint density at radius 3 is 2.47 bits per heavy atom. The molecule has 43 heavy (non-hydrogen) atoms.